The van der Waals surface area contributed by atoms with Crippen molar-refractivity contribution in [2.24, 2.45) is 0 Å². The molecule has 0 radical (unpaired) electrons. The van der Waals surface area contributed by atoms with E-state index in [4.69, 9.17) is 4.42 Å². The van der Waals surface area contributed by atoms with E-state index in [0.717, 1.165) is 16.3 Å². The number of amides is 2. The summed E-state index contributed by atoms with van der Waals surface area (Å²) in [7, 11) is 0. The summed E-state index contributed by atoms with van der Waals surface area (Å²) in [5, 5.41) is 12.0. The normalized spacial score (nSPS) is 16.9. The van der Waals surface area contributed by atoms with Gasteiger partial charge in [-0.2, -0.15) is 0 Å². The van der Waals surface area contributed by atoms with Crippen LogP contribution in [0, 0.1) is 6.92 Å². The van der Waals surface area contributed by atoms with Crippen molar-refractivity contribution in [1.29, 1.82) is 0 Å². The van der Waals surface area contributed by atoms with Gasteiger partial charge in [-0.1, -0.05) is 29.0 Å². The molecule has 0 unspecified atom stereocenters. The highest BCUT2D eigenvalue weighted by atomic mass is 32.1. The minimum absolute atomic E-state index is 0.0319. The molecule has 0 saturated carbocycles. The summed E-state index contributed by atoms with van der Waals surface area (Å²) < 4.78 is 5.05. The van der Waals surface area contributed by atoms with Crippen LogP contribution in [-0.2, 0) is 4.79 Å². The van der Waals surface area contributed by atoms with Crippen LogP contribution in [0.3, 0.4) is 0 Å². The van der Waals surface area contributed by atoms with Crippen molar-refractivity contribution >= 4 is 34.0 Å². The Labute approximate surface area is 153 Å². The molecular weight excluding hydrogens is 352 g/mol. The van der Waals surface area contributed by atoms with Crippen LogP contribution in [0.4, 0.5) is 10.8 Å². The van der Waals surface area contributed by atoms with E-state index in [1.165, 1.54) is 17.6 Å². The topological polar surface area (TPSA) is 88.3 Å². The Kier molecular flexibility index (Phi) is 4.26. The summed E-state index contributed by atoms with van der Waals surface area (Å²) in [4.78, 5) is 26.1. The van der Waals surface area contributed by atoms with Gasteiger partial charge in [0.05, 0.1) is 6.26 Å². The molecule has 4 rings (SSSR count). The van der Waals surface area contributed by atoms with Gasteiger partial charge in [0.1, 0.15) is 5.01 Å². The van der Waals surface area contributed by atoms with E-state index in [1.807, 2.05) is 31.2 Å². The lowest BCUT2D eigenvalue weighted by Crippen LogP contribution is -2.24. The summed E-state index contributed by atoms with van der Waals surface area (Å²) in [6.45, 7) is 2.57. The Morgan fingerprint density at radius 3 is 2.81 bits per heavy atom. The highest BCUT2D eigenvalue weighted by Crippen LogP contribution is 2.34. The zero-order valence-corrected chi connectivity index (χ0v) is 14.8. The molecule has 0 aliphatic carbocycles. The summed E-state index contributed by atoms with van der Waals surface area (Å²) in [6, 6.07) is 11.1. The SMILES string of the molecule is Cc1ccc(N2C[C@H](c3nnc(NC(=O)c4ccco4)s3)CC2=O)cc1. The van der Waals surface area contributed by atoms with Crippen molar-refractivity contribution in [2.75, 3.05) is 16.8 Å². The van der Waals surface area contributed by atoms with Crippen molar-refractivity contribution in [3.05, 3.63) is 59.0 Å². The first kappa shape index (κ1) is 16.5. The fourth-order valence-corrected chi connectivity index (χ4v) is 3.69. The molecule has 0 bridgehead atoms. The molecule has 26 heavy (non-hydrogen) atoms. The van der Waals surface area contributed by atoms with Gasteiger partial charge in [-0.3, -0.25) is 14.9 Å². The van der Waals surface area contributed by atoms with Crippen LogP contribution in [-0.4, -0.2) is 28.6 Å². The van der Waals surface area contributed by atoms with Crippen LogP contribution in [0.2, 0.25) is 0 Å². The van der Waals surface area contributed by atoms with E-state index < -0.39 is 0 Å². The van der Waals surface area contributed by atoms with Crippen LogP contribution in [0.1, 0.15) is 33.5 Å². The Morgan fingerprint density at radius 1 is 1.27 bits per heavy atom. The molecule has 1 saturated heterocycles. The predicted molar refractivity (Wildman–Crippen MR) is 97.5 cm³/mol. The second-order valence-corrected chi connectivity index (χ2v) is 7.13. The third kappa shape index (κ3) is 3.23. The zero-order chi connectivity index (χ0) is 18.1. The summed E-state index contributed by atoms with van der Waals surface area (Å²) in [6.07, 6.45) is 1.82. The van der Waals surface area contributed by atoms with E-state index in [9.17, 15) is 9.59 Å². The molecule has 2 amide bonds. The molecule has 1 atom stereocenters. The summed E-state index contributed by atoms with van der Waals surface area (Å²) in [5.41, 5.74) is 2.04. The fraction of sp³-hybridized carbons (Fsp3) is 0.222. The van der Waals surface area contributed by atoms with Gasteiger partial charge >= 0.3 is 0 Å². The minimum Gasteiger partial charge on any atom is -0.459 e. The Balaban J connectivity index is 1.45. The molecule has 1 aliphatic heterocycles. The molecule has 0 spiro atoms. The number of furan rings is 1. The van der Waals surface area contributed by atoms with Gasteiger partial charge in [-0.25, -0.2) is 0 Å². The number of aryl methyl sites for hydroxylation is 1. The number of carbonyl (C=O) groups excluding carboxylic acids is 2. The molecule has 132 valence electrons. The van der Waals surface area contributed by atoms with E-state index in [1.54, 1.807) is 17.0 Å². The minimum atomic E-state index is -0.374. The van der Waals surface area contributed by atoms with Gasteiger partial charge in [0.15, 0.2) is 5.76 Å². The van der Waals surface area contributed by atoms with E-state index in [0.29, 0.717) is 18.1 Å². The third-order valence-electron chi connectivity index (χ3n) is 4.23. The van der Waals surface area contributed by atoms with Gasteiger partial charge in [0.25, 0.3) is 5.91 Å². The van der Waals surface area contributed by atoms with Gasteiger partial charge in [0, 0.05) is 24.6 Å². The second-order valence-electron chi connectivity index (χ2n) is 6.12. The van der Waals surface area contributed by atoms with Crippen LogP contribution in [0.5, 0.6) is 0 Å². The van der Waals surface area contributed by atoms with Gasteiger partial charge in [0.2, 0.25) is 11.0 Å². The van der Waals surface area contributed by atoms with Crippen LogP contribution >= 0.6 is 11.3 Å². The number of hydrogen-bond acceptors (Lipinski definition) is 6. The molecule has 1 fully saturated rings. The number of aromatic nitrogens is 2. The van der Waals surface area contributed by atoms with Gasteiger partial charge < -0.3 is 9.32 Å². The molecule has 7 nitrogen and oxygen atoms in total. The van der Waals surface area contributed by atoms with E-state index in [-0.39, 0.29) is 23.5 Å². The zero-order valence-electron chi connectivity index (χ0n) is 14.0. The highest BCUT2D eigenvalue weighted by molar-refractivity contribution is 7.15. The first-order valence-electron chi connectivity index (χ1n) is 8.15. The lowest BCUT2D eigenvalue weighted by atomic mass is 10.1. The smallest absolute Gasteiger partial charge is 0.293 e. The fourth-order valence-electron chi connectivity index (χ4n) is 2.86. The highest BCUT2D eigenvalue weighted by Gasteiger charge is 2.34. The lowest BCUT2D eigenvalue weighted by Gasteiger charge is -2.16. The molecule has 1 aromatic carbocycles. The van der Waals surface area contributed by atoms with Crippen LogP contribution in [0.25, 0.3) is 0 Å². The number of carbonyl (C=O) groups is 2. The first-order valence-corrected chi connectivity index (χ1v) is 8.97. The molecule has 3 aromatic rings. The van der Waals surface area contributed by atoms with Crippen molar-refractivity contribution in [3.8, 4) is 0 Å². The lowest BCUT2D eigenvalue weighted by molar-refractivity contribution is -0.117. The van der Waals surface area contributed by atoms with Crippen molar-refractivity contribution in [3.63, 3.8) is 0 Å². The Bertz CT molecular complexity index is 934. The number of anilines is 2. The van der Waals surface area contributed by atoms with E-state index in [2.05, 4.69) is 15.5 Å². The van der Waals surface area contributed by atoms with Crippen molar-refractivity contribution in [2.45, 2.75) is 19.3 Å². The number of nitrogens with zero attached hydrogens (tertiary/aromatic N) is 3. The molecule has 3 heterocycles. The molecule has 1 aliphatic rings. The molecular formula is C18H16N4O3S. The third-order valence-corrected chi connectivity index (χ3v) is 5.23. The maximum atomic E-state index is 12.4. The molecule has 2 aromatic heterocycles. The Morgan fingerprint density at radius 2 is 2.08 bits per heavy atom. The van der Waals surface area contributed by atoms with Crippen molar-refractivity contribution in [1.82, 2.24) is 10.2 Å². The average Bonchev–Trinajstić information content (AvgIpc) is 3.36. The Hall–Kier alpha value is -3.00. The summed E-state index contributed by atoms with van der Waals surface area (Å²) >= 11 is 1.28. The maximum Gasteiger partial charge on any atom is 0.293 e. The quantitative estimate of drug-likeness (QED) is 0.764. The number of benzene rings is 1. The monoisotopic (exact) mass is 368 g/mol. The predicted octanol–water partition coefficient (Wildman–Crippen LogP) is 3.21. The van der Waals surface area contributed by atoms with Crippen LogP contribution in [0.15, 0.2) is 47.1 Å². The van der Waals surface area contributed by atoms with Gasteiger partial charge in [-0.05, 0) is 31.2 Å². The molecule has 1 N–H and O–H groups in total. The second kappa shape index (κ2) is 6.72. The number of rotatable bonds is 4. The standard InChI is InChI=1S/C18H16N4O3S/c1-11-4-6-13(7-5-11)22-10-12(9-15(22)23)17-20-21-18(26-17)19-16(24)14-3-2-8-25-14/h2-8,12H,9-10H2,1H3,(H,19,21,24)/t12-/m1/s1. The van der Waals surface area contributed by atoms with Crippen molar-refractivity contribution < 1.29 is 14.0 Å². The number of nitrogens with one attached hydrogen (secondary N) is 1. The van der Waals surface area contributed by atoms with Gasteiger partial charge in [-0.15, -0.1) is 10.2 Å². The largest absolute Gasteiger partial charge is 0.459 e. The number of hydrogen-bond donors (Lipinski definition) is 1. The first-order chi connectivity index (χ1) is 12.6. The summed E-state index contributed by atoms with van der Waals surface area (Å²) in [5.74, 6) is -0.129. The average molecular weight is 368 g/mol. The maximum absolute atomic E-state index is 12.4. The molecule has 8 heteroatoms. The van der Waals surface area contributed by atoms with E-state index >= 15 is 0 Å². The van der Waals surface area contributed by atoms with Crippen LogP contribution < -0.4 is 10.2 Å².